The number of hydrogen-bond donors (Lipinski definition) is 1. The molecule has 0 heterocycles. The number of ether oxygens (including phenoxy) is 4. The Labute approximate surface area is 208 Å². The van der Waals surface area contributed by atoms with Crippen LogP contribution in [0, 0.1) is 0 Å². The molecule has 0 saturated carbocycles. The van der Waals surface area contributed by atoms with E-state index in [4.69, 9.17) is 42.1 Å². The van der Waals surface area contributed by atoms with E-state index in [0.29, 0.717) is 50.8 Å². The fourth-order valence-electron chi connectivity index (χ4n) is 3.00. The molecule has 0 aliphatic heterocycles. The maximum Gasteiger partial charge on any atom is 0.275 e. The van der Waals surface area contributed by atoms with Crippen LogP contribution in [0.5, 0.6) is 23.0 Å². The lowest BCUT2D eigenvalue weighted by atomic mass is 10.2. The summed E-state index contributed by atoms with van der Waals surface area (Å²) in [4.78, 5) is 12.5. The molecule has 0 aromatic heterocycles. The summed E-state index contributed by atoms with van der Waals surface area (Å²) < 4.78 is 22.0. The maximum absolute atomic E-state index is 12.5. The quantitative estimate of drug-likeness (QED) is 0.282. The minimum atomic E-state index is -0.416. The largest absolute Gasteiger partial charge is 0.497 e. The summed E-state index contributed by atoms with van der Waals surface area (Å²) in [6.45, 7) is 2.58. The Bertz CT molecular complexity index is 1180. The van der Waals surface area contributed by atoms with E-state index < -0.39 is 5.91 Å². The van der Waals surface area contributed by atoms with Crippen molar-refractivity contribution >= 4 is 35.3 Å². The van der Waals surface area contributed by atoms with E-state index in [9.17, 15) is 4.79 Å². The fraction of sp³-hybridized carbons (Fsp3) is 0.200. The van der Waals surface area contributed by atoms with Crippen LogP contribution in [0.2, 0.25) is 10.0 Å². The van der Waals surface area contributed by atoms with Crippen molar-refractivity contribution in [3.63, 3.8) is 0 Å². The molecule has 0 bridgehead atoms. The van der Waals surface area contributed by atoms with Crippen LogP contribution in [0.15, 0.2) is 59.7 Å². The zero-order valence-corrected chi connectivity index (χ0v) is 20.4. The summed E-state index contributed by atoms with van der Waals surface area (Å²) in [5.74, 6) is 1.64. The zero-order valence-electron chi connectivity index (χ0n) is 18.9. The third kappa shape index (κ3) is 6.56. The minimum absolute atomic E-state index is 0.253. The van der Waals surface area contributed by atoms with E-state index in [-0.39, 0.29) is 6.61 Å². The van der Waals surface area contributed by atoms with Crippen LogP contribution in [0.1, 0.15) is 28.4 Å². The zero-order chi connectivity index (χ0) is 24.5. The van der Waals surface area contributed by atoms with Crippen molar-refractivity contribution in [1.82, 2.24) is 5.43 Å². The van der Waals surface area contributed by atoms with Crippen LogP contribution >= 0.6 is 23.2 Å². The van der Waals surface area contributed by atoms with Crippen molar-refractivity contribution in [3.8, 4) is 23.0 Å². The van der Waals surface area contributed by atoms with Crippen molar-refractivity contribution < 1.29 is 23.7 Å². The summed E-state index contributed by atoms with van der Waals surface area (Å²) in [7, 11) is 3.02. The van der Waals surface area contributed by atoms with Crippen LogP contribution in [-0.2, 0) is 6.61 Å². The van der Waals surface area contributed by atoms with Gasteiger partial charge in [0.1, 0.15) is 18.1 Å². The van der Waals surface area contributed by atoms with Crippen molar-refractivity contribution in [1.29, 1.82) is 0 Å². The number of rotatable bonds is 10. The molecule has 0 unspecified atom stereocenters. The molecule has 3 aromatic rings. The number of carbonyl (C=O) groups is 1. The number of nitrogens with zero attached hydrogens (tertiary/aromatic N) is 1. The molecular formula is C25H24Cl2N2O5. The number of methoxy groups -OCH3 is 2. The van der Waals surface area contributed by atoms with Crippen molar-refractivity contribution in [2.24, 2.45) is 5.10 Å². The number of amides is 1. The Morgan fingerprint density at radius 3 is 2.47 bits per heavy atom. The highest BCUT2D eigenvalue weighted by Crippen LogP contribution is 2.30. The SMILES string of the molecule is CCOc1cc(/C=N\NC(=O)c2ccc(OC)cc2OC)ccc1OCc1ccc(Cl)cc1Cl. The van der Waals surface area contributed by atoms with E-state index in [2.05, 4.69) is 10.5 Å². The first-order chi connectivity index (χ1) is 16.4. The van der Waals surface area contributed by atoms with E-state index in [1.807, 2.05) is 13.0 Å². The van der Waals surface area contributed by atoms with Gasteiger partial charge in [-0.25, -0.2) is 5.43 Å². The normalized spacial score (nSPS) is 10.7. The molecule has 34 heavy (non-hydrogen) atoms. The van der Waals surface area contributed by atoms with Gasteiger partial charge in [-0.05, 0) is 55.0 Å². The second-order valence-electron chi connectivity index (χ2n) is 6.93. The monoisotopic (exact) mass is 502 g/mol. The van der Waals surface area contributed by atoms with Crippen molar-refractivity contribution in [3.05, 3.63) is 81.3 Å². The third-order valence-corrected chi connectivity index (χ3v) is 5.29. The van der Waals surface area contributed by atoms with Crippen molar-refractivity contribution in [2.45, 2.75) is 13.5 Å². The third-order valence-electron chi connectivity index (χ3n) is 4.70. The lowest BCUT2D eigenvalue weighted by molar-refractivity contribution is 0.0952. The molecule has 1 amide bonds. The number of halogens is 2. The van der Waals surface area contributed by atoms with Crippen LogP contribution in [0.25, 0.3) is 0 Å². The first-order valence-electron chi connectivity index (χ1n) is 10.3. The fourth-order valence-corrected chi connectivity index (χ4v) is 3.46. The van der Waals surface area contributed by atoms with Gasteiger partial charge in [0.25, 0.3) is 5.91 Å². The second kappa shape index (κ2) is 12.2. The van der Waals surface area contributed by atoms with Crippen LogP contribution in [0.3, 0.4) is 0 Å². The topological polar surface area (TPSA) is 78.4 Å². The predicted octanol–water partition coefficient (Wildman–Crippen LogP) is 5.75. The van der Waals surface area contributed by atoms with Gasteiger partial charge in [-0.15, -0.1) is 0 Å². The van der Waals surface area contributed by atoms with Gasteiger partial charge in [-0.2, -0.15) is 5.10 Å². The van der Waals surface area contributed by atoms with Gasteiger partial charge >= 0.3 is 0 Å². The Morgan fingerprint density at radius 2 is 1.76 bits per heavy atom. The van der Waals surface area contributed by atoms with Gasteiger partial charge in [-0.3, -0.25) is 4.79 Å². The number of hydrazone groups is 1. The Hall–Kier alpha value is -3.42. The Balaban J connectivity index is 1.69. The van der Waals surface area contributed by atoms with E-state index in [1.54, 1.807) is 55.6 Å². The van der Waals surface area contributed by atoms with Gasteiger partial charge in [0.15, 0.2) is 11.5 Å². The molecule has 1 N–H and O–H groups in total. The number of hydrogen-bond acceptors (Lipinski definition) is 6. The predicted molar refractivity (Wildman–Crippen MR) is 133 cm³/mol. The molecule has 0 atom stereocenters. The van der Waals surface area contributed by atoms with E-state index in [0.717, 1.165) is 5.56 Å². The number of carbonyl (C=O) groups excluding carboxylic acids is 1. The average Bonchev–Trinajstić information content (AvgIpc) is 2.84. The molecule has 0 aliphatic rings. The molecule has 178 valence electrons. The first kappa shape index (κ1) is 25.2. The standard InChI is InChI=1S/C25H24Cl2N2O5/c1-4-33-24-11-16(5-10-22(24)34-15-17-6-7-18(26)12-21(17)27)14-28-29-25(30)20-9-8-19(31-2)13-23(20)32-3/h5-14H,4,15H2,1-3H3,(H,29,30)/b28-14-. The molecule has 0 spiro atoms. The van der Waals surface area contributed by atoms with E-state index in [1.165, 1.54) is 13.3 Å². The van der Waals surface area contributed by atoms with Gasteiger partial charge in [-0.1, -0.05) is 29.3 Å². The summed E-state index contributed by atoms with van der Waals surface area (Å²) in [6.07, 6.45) is 1.51. The smallest absolute Gasteiger partial charge is 0.275 e. The molecular weight excluding hydrogens is 479 g/mol. The van der Waals surface area contributed by atoms with Gasteiger partial charge in [0.2, 0.25) is 0 Å². The van der Waals surface area contributed by atoms with Gasteiger partial charge < -0.3 is 18.9 Å². The summed E-state index contributed by atoms with van der Waals surface area (Å²) in [5, 5.41) is 5.13. The van der Waals surface area contributed by atoms with Crippen LogP contribution in [-0.4, -0.2) is 32.9 Å². The van der Waals surface area contributed by atoms with Crippen LogP contribution in [0.4, 0.5) is 0 Å². The molecule has 9 heteroatoms. The minimum Gasteiger partial charge on any atom is -0.497 e. The molecule has 3 rings (SSSR count). The summed E-state index contributed by atoms with van der Waals surface area (Å²) in [6, 6.07) is 15.5. The Kier molecular flexibility index (Phi) is 9.01. The van der Waals surface area contributed by atoms with Crippen molar-refractivity contribution in [2.75, 3.05) is 20.8 Å². The number of benzene rings is 3. The molecule has 0 fully saturated rings. The van der Waals surface area contributed by atoms with E-state index >= 15 is 0 Å². The molecule has 3 aromatic carbocycles. The summed E-state index contributed by atoms with van der Waals surface area (Å²) >= 11 is 12.2. The highest BCUT2D eigenvalue weighted by molar-refractivity contribution is 6.35. The van der Waals surface area contributed by atoms with Gasteiger partial charge in [0, 0.05) is 21.7 Å². The lowest BCUT2D eigenvalue weighted by Crippen LogP contribution is -2.18. The Morgan fingerprint density at radius 1 is 0.941 bits per heavy atom. The maximum atomic E-state index is 12.5. The first-order valence-corrected chi connectivity index (χ1v) is 11.1. The lowest BCUT2D eigenvalue weighted by Gasteiger charge is -2.13. The highest BCUT2D eigenvalue weighted by Gasteiger charge is 2.13. The second-order valence-corrected chi connectivity index (χ2v) is 7.77. The summed E-state index contributed by atoms with van der Waals surface area (Å²) in [5.41, 5.74) is 4.34. The molecule has 0 radical (unpaired) electrons. The molecule has 0 aliphatic carbocycles. The van der Waals surface area contributed by atoms with Gasteiger partial charge in [0.05, 0.1) is 32.6 Å². The number of nitrogens with one attached hydrogen (secondary N) is 1. The molecule has 0 saturated heterocycles. The highest BCUT2D eigenvalue weighted by atomic mass is 35.5. The van der Waals surface area contributed by atoms with Crippen LogP contribution < -0.4 is 24.4 Å². The average molecular weight is 503 g/mol. The molecule has 7 nitrogen and oxygen atoms in total.